The van der Waals surface area contributed by atoms with Gasteiger partial charge in [-0.25, -0.2) is 0 Å². The fourth-order valence-electron chi connectivity index (χ4n) is 2.85. The summed E-state index contributed by atoms with van der Waals surface area (Å²) in [5.41, 5.74) is 7.30. The summed E-state index contributed by atoms with van der Waals surface area (Å²) in [4.78, 5) is 2.63. The van der Waals surface area contributed by atoms with Crippen molar-refractivity contribution < 1.29 is 5.11 Å². The highest BCUT2D eigenvalue weighted by molar-refractivity contribution is 7.12. The second-order valence-corrected chi connectivity index (χ2v) is 7.04. The first-order chi connectivity index (χ1) is 8.61. The molecule has 0 spiro atoms. The number of aliphatic hydroxyl groups excluding tert-OH is 1. The lowest BCUT2D eigenvalue weighted by Gasteiger charge is -2.22. The van der Waals surface area contributed by atoms with Crippen LogP contribution in [0.15, 0.2) is 6.07 Å². The minimum atomic E-state index is -0.368. The molecule has 1 aliphatic carbocycles. The smallest absolute Gasteiger partial charge is 0.0922 e. The summed E-state index contributed by atoms with van der Waals surface area (Å²) in [7, 11) is 0. The van der Waals surface area contributed by atoms with E-state index >= 15 is 0 Å². The number of aryl methyl sites for hydroxylation is 2. The third kappa shape index (κ3) is 3.14. The van der Waals surface area contributed by atoms with E-state index in [1.807, 2.05) is 11.3 Å². The van der Waals surface area contributed by atoms with Crippen molar-refractivity contribution in [2.24, 2.45) is 17.6 Å². The molecule has 0 radical (unpaired) electrons. The first-order valence-corrected chi connectivity index (χ1v) is 7.93. The molecule has 0 saturated carbocycles. The van der Waals surface area contributed by atoms with Crippen LogP contribution in [0.1, 0.15) is 54.5 Å². The molecule has 0 amide bonds. The lowest BCUT2D eigenvalue weighted by Crippen LogP contribution is -2.23. The molecular weight excluding hydrogens is 242 g/mol. The van der Waals surface area contributed by atoms with Gasteiger partial charge in [-0.3, -0.25) is 0 Å². The largest absolute Gasteiger partial charge is 0.387 e. The summed E-state index contributed by atoms with van der Waals surface area (Å²) in [5.74, 6) is 0.785. The van der Waals surface area contributed by atoms with Crippen molar-refractivity contribution >= 4 is 11.3 Å². The van der Waals surface area contributed by atoms with Gasteiger partial charge in [0.2, 0.25) is 0 Å². The Hall–Kier alpha value is -0.380. The van der Waals surface area contributed by atoms with Gasteiger partial charge in [-0.1, -0.05) is 13.8 Å². The highest BCUT2D eigenvalue weighted by atomic mass is 32.1. The highest BCUT2D eigenvalue weighted by Crippen LogP contribution is 2.36. The van der Waals surface area contributed by atoms with Crippen molar-refractivity contribution in [3.63, 3.8) is 0 Å². The van der Waals surface area contributed by atoms with E-state index in [0.29, 0.717) is 12.5 Å². The van der Waals surface area contributed by atoms with Gasteiger partial charge >= 0.3 is 0 Å². The van der Waals surface area contributed by atoms with Crippen molar-refractivity contribution in [2.45, 2.75) is 52.1 Å². The number of fused-ring (bicyclic) bond motifs is 1. The molecule has 1 aromatic heterocycles. The molecule has 2 unspecified atom stereocenters. The van der Waals surface area contributed by atoms with Gasteiger partial charge in [-0.2, -0.15) is 0 Å². The van der Waals surface area contributed by atoms with Gasteiger partial charge in [0.1, 0.15) is 0 Å². The molecule has 1 aromatic rings. The Morgan fingerprint density at radius 3 is 2.67 bits per heavy atom. The molecule has 3 heteroatoms. The topological polar surface area (TPSA) is 46.2 Å². The maximum atomic E-state index is 10.5. The Kier molecular flexibility index (Phi) is 4.82. The molecule has 0 fully saturated rings. The number of rotatable bonds is 5. The van der Waals surface area contributed by atoms with Crippen LogP contribution in [0.2, 0.25) is 0 Å². The maximum absolute atomic E-state index is 10.5. The average Bonchev–Trinajstić information content (AvgIpc) is 2.78. The van der Waals surface area contributed by atoms with Crippen LogP contribution in [0.5, 0.6) is 0 Å². The Morgan fingerprint density at radius 1 is 1.33 bits per heavy atom. The molecule has 0 aromatic carbocycles. The zero-order valence-electron chi connectivity index (χ0n) is 11.5. The van der Waals surface area contributed by atoms with E-state index in [0.717, 1.165) is 11.3 Å². The molecule has 1 heterocycles. The van der Waals surface area contributed by atoms with E-state index in [2.05, 4.69) is 19.9 Å². The van der Waals surface area contributed by atoms with Crippen LogP contribution in [0.25, 0.3) is 0 Å². The SMILES string of the molecule is CC(C)CC(CN)C(O)c1cc2c(s1)CCCC2. The predicted molar refractivity (Wildman–Crippen MR) is 77.9 cm³/mol. The van der Waals surface area contributed by atoms with Gasteiger partial charge in [0.25, 0.3) is 0 Å². The number of hydrogen-bond acceptors (Lipinski definition) is 3. The molecule has 0 bridgehead atoms. The highest BCUT2D eigenvalue weighted by Gasteiger charge is 2.24. The number of hydrogen-bond donors (Lipinski definition) is 2. The molecule has 18 heavy (non-hydrogen) atoms. The van der Waals surface area contributed by atoms with Crippen molar-refractivity contribution in [3.8, 4) is 0 Å². The molecule has 2 atom stereocenters. The first-order valence-electron chi connectivity index (χ1n) is 7.11. The van der Waals surface area contributed by atoms with E-state index in [1.165, 1.54) is 36.1 Å². The fraction of sp³-hybridized carbons (Fsp3) is 0.733. The first kappa shape index (κ1) is 14.0. The van der Waals surface area contributed by atoms with E-state index in [1.54, 1.807) is 0 Å². The molecule has 3 N–H and O–H groups in total. The summed E-state index contributed by atoms with van der Waals surface area (Å²) in [5, 5.41) is 10.5. The van der Waals surface area contributed by atoms with Gasteiger partial charge in [-0.15, -0.1) is 11.3 Å². The quantitative estimate of drug-likeness (QED) is 0.860. The van der Waals surface area contributed by atoms with Gasteiger partial charge in [0.05, 0.1) is 6.10 Å². The van der Waals surface area contributed by atoms with Crippen molar-refractivity contribution in [1.82, 2.24) is 0 Å². The zero-order valence-corrected chi connectivity index (χ0v) is 12.3. The van der Waals surface area contributed by atoms with Crippen molar-refractivity contribution in [2.75, 3.05) is 6.54 Å². The predicted octanol–water partition coefficient (Wildman–Crippen LogP) is 3.28. The lowest BCUT2D eigenvalue weighted by atomic mass is 9.90. The minimum absolute atomic E-state index is 0.199. The fourth-order valence-corrected chi connectivity index (χ4v) is 4.19. The molecule has 1 aliphatic rings. The van der Waals surface area contributed by atoms with Crippen LogP contribution in [-0.4, -0.2) is 11.7 Å². The Morgan fingerprint density at radius 2 is 2.06 bits per heavy atom. The second kappa shape index (κ2) is 6.18. The van der Waals surface area contributed by atoms with Gasteiger partial charge in [0, 0.05) is 15.7 Å². The van der Waals surface area contributed by atoms with E-state index in [-0.39, 0.29) is 12.0 Å². The normalized spacial score (nSPS) is 18.7. The van der Waals surface area contributed by atoms with Crippen LogP contribution >= 0.6 is 11.3 Å². The van der Waals surface area contributed by atoms with Crippen molar-refractivity contribution in [3.05, 3.63) is 21.4 Å². The summed E-state index contributed by atoms with van der Waals surface area (Å²) < 4.78 is 0. The summed E-state index contributed by atoms with van der Waals surface area (Å²) in [6.07, 6.45) is 5.62. The minimum Gasteiger partial charge on any atom is -0.387 e. The van der Waals surface area contributed by atoms with Gasteiger partial charge < -0.3 is 10.8 Å². The van der Waals surface area contributed by atoms with E-state index in [4.69, 9.17) is 5.73 Å². The molecule has 102 valence electrons. The van der Waals surface area contributed by atoms with Crippen LogP contribution in [-0.2, 0) is 12.8 Å². The Balaban J connectivity index is 2.11. The van der Waals surface area contributed by atoms with Crippen LogP contribution in [0.4, 0.5) is 0 Å². The van der Waals surface area contributed by atoms with Crippen LogP contribution in [0.3, 0.4) is 0 Å². The molecule has 2 nitrogen and oxygen atoms in total. The maximum Gasteiger partial charge on any atom is 0.0922 e. The zero-order chi connectivity index (χ0) is 13.1. The van der Waals surface area contributed by atoms with E-state index in [9.17, 15) is 5.11 Å². The van der Waals surface area contributed by atoms with Crippen LogP contribution in [0, 0.1) is 11.8 Å². The van der Waals surface area contributed by atoms with Gasteiger partial charge in [0.15, 0.2) is 0 Å². The Bertz CT molecular complexity index is 362. The Labute approximate surface area is 114 Å². The van der Waals surface area contributed by atoms with Crippen LogP contribution < -0.4 is 5.73 Å². The number of aliphatic hydroxyl groups is 1. The molecule has 0 aliphatic heterocycles. The summed E-state index contributed by atoms with van der Waals surface area (Å²) in [6.45, 7) is 4.95. The number of thiophene rings is 1. The van der Waals surface area contributed by atoms with E-state index < -0.39 is 0 Å². The average molecular weight is 267 g/mol. The molecule has 2 rings (SSSR count). The van der Waals surface area contributed by atoms with Crippen molar-refractivity contribution in [1.29, 1.82) is 0 Å². The monoisotopic (exact) mass is 267 g/mol. The third-order valence-corrected chi connectivity index (χ3v) is 5.14. The lowest BCUT2D eigenvalue weighted by molar-refractivity contribution is 0.103. The molecule has 0 saturated heterocycles. The standard InChI is InChI=1S/C15H25NOS/c1-10(2)7-12(9-16)15(17)14-8-11-5-3-4-6-13(11)18-14/h8,10,12,15,17H,3-7,9,16H2,1-2H3. The van der Waals surface area contributed by atoms with Gasteiger partial charge in [-0.05, 0) is 56.2 Å². The molecular formula is C15H25NOS. The summed E-state index contributed by atoms with van der Waals surface area (Å²) in [6, 6.07) is 2.23. The second-order valence-electron chi connectivity index (χ2n) is 5.87. The summed E-state index contributed by atoms with van der Waals surface area (Å²) >= 11 is 1.81. The number of nitrogens with two attached hydrogens (primary N) is 1. The third-order valence-electron chi connectivity index (χ3n) is 3.83.